The van der Waals surface area contributed by atoms with Crippen LogP contribution in [0.3, 0.4) is 0 Å². The van der Waals surface area contributed by atoms with Gasteiger partial charge in [-0.25, -0.2) is 4.98 Å². The number of non-ortho nitro benzene ring substituents is 2. The van der Waals surface area contributed by atoms with Crippen molar-refractivity contribution in [1.82, 2.24) is 9.88 Å². The zero-order chi connectivity index (χ0) is 22.7. The van der Waals surface area contributed by atoms with Gasteiger partial charge in [0.25, 0.3) is 17.3 Å². The second-order valence-electron chi connectivity index (χ2n) is 7.16. The second-order valence-corrected chi connectivity index (χ2v) is 8.17. The molecule has 1 amide bonds. The number of thiazole rings is 1. The minimum absolute atomic E-state index is 0.131. The number of hydrogen-bond donors (Lipinski definition) is 0. The van der Waals surface area contributed by atoms with Gasteiger partial charge in [0.05, 0.1) is 31.7 Å². The number of hydrogen-bond acceptors (Lipinski definition) is 8. The SMILES string of the molecule is CCc1ccc2nc(N(CCN(C)C)C(=O)c3cc([N+](=O)[O-])cc([N+](=O)[O-])c3)sc2c1. The summed E-state index contributed by atoms with van der Waals surface area (Å²) in [5.41, 5.74) is 0.727. The van der Waals surface area contributed by atoms with Crippen LogP contribution in [0.2, 0.25) is 0 Å². The summed E-state index contributed by atoms with van der Waals surface area (Å²) in [5.74, 6) is -0.580. The van der Waals surface area contributed by atoms with Gasteiger partial charge in [0.1, 0.15) is 0 Å². The third kappa shape index (κ3) is 5.01. The molecule has 0 saturated carbocycles. The number of aryl methyl sites for hydroxylation is 1. The second kappa shape index (κ2) is 9.14. The Balaban J connectivity index is 2.07. The zero-order valence-electron chi connectivity index (χ0n) is 17.3. The fourth-order valence-corrected chi connectivity index (χ4v) is 4.02. The molecule has 3 aromatic rings. The van der Waals surface area contributed by atoms with Crippen molar-refractivity contribution in [2.75, 3.05) is 32.1 Å². The van der Waals surface area contributed by atoms with Gasteiger partial charge in [-0.2, -0.15) is 0 Å². The molecule has 10 nitrogen and oxygen atoms in total. The molecule has 162 valence electrons. The molecule has 31 heavy (non-hydrogen) atoms. The van der Waals surface area contributed by atoms with Gasteiger partial charge in [-0.05, 0) is 38.2 Å². The summed E-state index contributed by atoms with van der Waals surface area (Å²) >= 11 is 1.34. The molecule has 0 N–H and O–H groups in total. The average molecular weight is 443 g/mol. The quantitative estimate of drug-likeness (QED) is 0.382. The normalized spacial score (nSPS) is 11.1. The van der Waals surface area contributed by atoms with Crippen molar-refractivity contribution in [3.8, 4) is 0 Å². The molecule has 1 heterocycles. The number of aromatic nitrogens is 1. The van der Waals surface area contributed by atoms with Crippen LogP contribution in [0.25, 0.3) is 10.2 Å². The van der Waals surface area contributed by atoms with Gasteiger partial charge < -0.3 is 4.90 Å². The predicted molar refractivity (Wildman–Crippen MR) is 119 cm³/mol. The third-order valence-electron chi connectivity index (χ3n) is 4.67. The van der Waals surface area contributed by atoms with Crippen LogP contribution in [0.4, 0.5) is 16.5 Å². The van der Waals surface area contributed by atoms with Crippen LogP contribution in [0.5, 0.6) is 0 Å². The van der Waals surface area contributed by atoms with E-state index >= 15 is 0 Å². The summed E-state index contributed by atoms with van der Waals surface area (Å²) in [6, 6.07) is 8.83. The van der Waals surface area contributed by atoms with Gasteiger partial charge in [-0.3, -0.25) is 29.9 Å². The molecule has 0 unspecified atom stereocenters. The van der Waals surface area contributed by atoms with Crippen LogP contribution >= 0.6 is 11.3 Å². The number of amides is 1. The lowest BCUT2D eigenvalue weighted by Gasteiger charge is -2.22. The van der Waals surface area contributed by atoms with E-state index in [-0.39, 0.29) is 12.1 Å². The summed E-state index contributed by atoms with van der Waals surface area (Å²) < 4.78 is 0.919. The number of nitrogens with zero attached hydrogens (tertiary/aromatic N) is 5. The van der Waals surface area contributed by atoms with Crippen molar-refractivity contribution in [3.63, 3.8) is 0 Å². The van der Waals surface area contributed by atoms with E-state index in [0.717, 1.165) is 40.4 Å². The first-order chi connectivity index (χ1) is 14.7. The van der Waals surface area contributed by atoms with Crippen molar-refractivity contribution in [2.45, 2.75) is 13.3 Å². The highest BCUT2D eigenvalue weighted by Gasteiger charge is 2.26. The maximum absolute atomic E-state index is 13.3. The van der Waals surface area contributed by atoms with E-state index < -0.39 is 27.1 Å². The monoisotopic (exact) mass is 443 g/mol. The molecule has 0 aliphatic rings. The molecule has 0 spiro atoms. The third-order valence-corrected chi connectivity index (χ3v) is 5.71. The first kappa shape index (κ1) is 22.2. The lowest BCUT2D eigenvalue weighted by molar-refractivity contribution is -0.394. The number of fused-ring (bicyclic) bond motifs is 1. The Bertz CT molecular complexity index is 1130. The van der Waals surface area contributed by atoms with Gasteiger partial charge >= 0.3 is 0 Å². The Hall–Kier alpha value is -3.44. The van der Waals surface area contributed by atoms with E-state index in [9.17, 15) is 25.0 Å². The molecule has 3 rings (SSSR count). The summed E-state index contributed by atoms with van der Waals surface area (Å²) in [5, 5.41) is 22.9. The molecule has 0 aliphatic carbocycles. The van der Waals surface area contributed by atoms with Crippen LogP contribution in [0.1, 0.15) is 22.8 Å². The number of nitro benzene ring substituents is 2. The van der Waals surface area contributed by atoms with Crippen molar-refractivity contribution in [3.05, 3.63) is 67.8 Å². The summed E-state index contributed by atoms with van der Waals surface area (Å²) in [6.07, 6.45) is 0.865. The van der Waals surface area contributed by atoms with Crippen LogP contribution in [-0.2, 0) is 6.42 Å². The Labute approximate surface area is 182 Å². The van der Waals surface area contributed by atoms with Gasteiger partial charge in [0.2, 0.25) is 0 Å². The number of likely N-dealkylation sites (N-methyl/N-ethyl adjacent to an activating group) is 1. The molecule has 0 bridgehead atoms. The topological polar surface area (TPSA) is 123 Å². The minimum Gasteiger partial charge on any atom is -0.308 e. The number of anilines is 1. The van der Waals surface area contributed by atoms with E-state index in [1.807, 2.05) is 44.1 Å². The highest BCUT2D eigenvalue weighted by Crippen LogP contribution is 2.32. The lowest BCUT2D eigenvalue weighted by atomic mass is 10.1. The van der Waals surface area contributed by atoms with Crippen LogP contribution < -0.4 is 4.90 Å². The molecule has 2 aromatic carbocycles. The van der Waals surface area contributed by atoms with E-state index in [4.69, 9.17) is 0 Å². The molecule has 0 aliphatic heterocycles. The largest absolute Gasteiger partial charge is 0.308 e. The molecular formula is C20H21N5O5S. The highest BCUT2D eigenvalue weighted by atomic mass is 32.1. The number of rotatable bonds is 8. The zero-order valence-corrected chi connectivity index (χ0v) is 18.1. The molecule has 0 saturated heterocycles. The standard InChI is InChI=1S/C20H21N5O5S/c1-4-13-5-6-17-18(9-13)31-20(21-17)23(8-7-22(2)3)19(26)14-10-15(24(27)28)12-16(11-14)25(29)30/h5-6,9-12H,4,7-8H2,1-3H3. The van der Waals surface area contributed by atoms with Gasteiger partial charge in [-0.15, -0.1) is 0 Å². The molecule has 1 aromatic heterocycles. The van der Waals surface area contributed by atoms with Crippen LogP contribution in [0.15, 0.2) is 36.4 Å². The van der Waals surface area contributed by atoms with Crippen molar-refractivity contribution >= 4 is 44.0 Å². The summed E-state index contributed by atoms with van der Waals surface area (Å²) in [4.78, 5) is 42.1. The number of nitro groups is 2. The molecule has 0 radical (unpaired) electrons. The first-order valence-corrected chi connectivity index (χ1v) is 10.3. The van der Waals surface area contributed by atoms with Crippen molar-refractivity contribution in [2.24, 2.45) is 0 Å². The Kier molecular flexibility index (Phi) is 6.56. The summed E-state index contributed by atoms with van der Waals surface area (Å²) in [7, 11) is 3.71. The lowest BCUT2D eigenvalue weighted by Crippen LogP contribution is -2.36. The van der Waals surface area contributed by atoms with Crippen molar-refractivity contribution in [1.29, 1.82) is 0 Å². The number of carbonyl (C=O) groups is 1. The van der Waals surface area contributed by atoms with E-state index in [0.29, 0.717) is 11.7 Å². The Morgan fingerprint density at radius 2 is 1.68 bits per heavy atom. The van der Waals surface area contributed by atoms with Gasteiger partial charge in [0.15, 0.2) is 5.13 Å². The minimum atomic E-state index is -0.752. The number of benzene rings is 2. The molecule has 11 heteroatoms. The molecule has 0 atom stereocenters. The van der Waals surface area contributed by atoms with E-state index in [1.54, 1.807) is 0 Å². The number of carbonyl (C=O) groups excluding carboxylic acids is 1. The maximum Gasteiger partial charge on any atom is 0.277 e. The van der Waals surface area contributed by atoms with Gasteiger partial charge in [-0.1, -0.05) is 24.3 Å². The smallest absolute Gasteiger partial charge is 0.277 e. The Morgan fingerprint density at radius 1 is 1.03 bits per heavy atom. The molecule has 0 fully saturated rings. The average Bonchev–Trinajstić information content (AvgIpc) is 3.15. The molecular weight excluding hydrogens is 422 g/mol. The van der Waals surface area contributed by atoms with Crippen LogP contribution in [0, 0.1) is 20.2 Å². The highest BCUT2D eigenvalue weighted by molar-refractivity contribution is 7.22. The van der Waals surface area contributed by atoms with Crippen molar-refractivity contribution < 1.29 is 14.6 Å². The first-order valence-electron chi connectivity index (χ1n) is 9.49. The fraction of sp³-hybridized carbons (Fsp3) is 0.300. The van der Waals surface area contributed by atoms with E-state index in [1.165, 1.54) is 16.2 Å². The van der Waals surface area contributed by atoms with E-state index in [2.05, 4.69) is 4.98 Å². The summed E-state index contributed by atoms with van der Waals surface area (Å²) in [6.45, 7) is 2.83. The fourth-order valence-electron chi connectivity index (χ4n) is 2.96. The maximum atomic E-state index is 13.3. The van der Waals surface area contributed by atoms with Gasteiger partial charge in [0, 0.05) is 25.2 Å². The predicted octanol–water partition coefficient (Wildman–Crippen LogP) is 3.88. The van der Waals surface area contributed by atoms with Crippen LogP contribution in [-0.4, -0.2) is 52.8 Å². The Morgan fingerprint density at radius 3 is 2.23 bits per heavy atom.